The van der Waals surface area contributed by atoms with Crippen LogP contribution in [0.15, 0.2) is 36.5 Å². The number of primary amides is 1. The third-order valence-corrected chi connectivity index (χ3v) is 4.66. The minimum absolute atomic E-state index is 0.0596. The number of halogens is 1. The van der Waals surface area contributed by atoms with Gasteiger partial charge in [-0.1, -0.05) is 17.7 Å². The third-order valence-electron chi connectivity index (χ3n) is 4.43. The lowest BCUT2D eigenvalue weighted by Gasteiger charge is -2.36. The molecule has 2 heterocycles. The van der Waals surface area contributed by atoms with E-state index in [1.807, 2.05) is 19.1 Å². The molecule has 0 bridgehead atoms. The van der Waals surface area contributed by atoms with Crippen LogP contribution in [0.3, 0.4) is 0 Å². The quantitative estimate of drug-likeness (QED) is 0.925. The molecule has 2 aromatic rings. The Bertz CT molecular complexity index is 773. The van der Waals surface area contributed by atoms with Gasteiger partial charge in [0.2, 0.25) is 5.91 Å². The molecule has 6 nitrogen and oxygen atoms in total. The van der Waals surface area contributed by atoms with Crippen molar-refractivity contribution in [3.05, 3.63) is 47.2 Å². The van der Waals surface area contributed by atoms with Gasteiger partial charge >= 0.3 is 0 Å². The fraction of sp³-hybridized carbons (Fsp3) is 0.353. The van der Waals surface area contributed by atoms with Gasteiger partial charge in [0.1, 0.15) is 0 Å². The summed E-state index contributed by atoms with van der Waals surface area (Å²) in [6.07, 6.45) is 3.20. The van der Waals surface area contributed by atoms with Crippen LogP contribution in [0.2, 0.25) is 5.02 Å². The maximum absolute atomic E-state index is 12.8. The number of piperidine rings is 1. The van der Waals surface area contributed by atoms with Gasteiger partial charge < -0.3 is 10.6 Å². The standard InChI is InChI=1S/C17H19ClN4O2/c1-11-5-6-12(16(19)23)10-21(11)17(24)15-7-8-22(20-15)14-4-2-3-13(18)9-14/h2-4,7-9,11-12H,5-6,10H2,1H3,(H2,19,23)/t11-,12-/m0/s1. The van der Waals surface area contributed by atoms with Gasteiger partial charge in [0, 0.05) is 23.8 Å². The molecule has 24 heavy (non-hydrogen) atoms. The first-order valence-corrected chi connectivity index (χ1v) is 8.25. The van der Waals surface area contributed by atoms with E-state index in [4.69, 9.17) is 17.3 Å². The highest BCUT2D eigenvalue weighted by atomic mass is 35.5. The SMILES string of the molecule is C[C@H]1CC[C@H](C(N)=O)CN1C(=O)c1ccn(-c2cccc(Cl)c2)n1. The number of rotatable bonds is 3. The second kappa shape index (κ2) is 6.65. The molecule has 0 aliphatic carbocycles. The van der Waals surface area contributed by atoms with Crippen LogP contribution in [-0.2, 0) is 4.79 Å². The highest BCUT2D eigenvalue weighted by molar-refractivity contribution is 6.30. The van der Waals surface area contributed by atoms with Crippen LogP contribution >= 0.6 is 11.6 Å². The predicted molar refractivity (Wildman–Crippen MR) is 91.0 cm³/mol. The summed E-state index contributed by atoms with van der Waals surface area (Å²) in [5, 5.41) is 4.95. The van der Waals surface area contributed by atoms with Gasteiger partial charge in [-0.05, 0) is 44.0 Å². The van der Waals surface area contributed by atoms with E-state index in [2.05, 4.69) is 5.10 Å². The van der Waals surface area contributed by atoms with Crippen LogP contribution in [-0.4, -0.2) is 39.1 Å². The molecule has 126 valence electrons. The molecule has 2 N–H and O–H groups in total. The molecule has 0 spiro atoms. The van der Waals surface area contributed by atoms with Gasteiger partial charge in [-0.25, -0.2) is 4.68 Å². The highest BCUT2D eigenvalue weighted by Crippen LogP contribution is 2.23. The Morgan fingerprint density at radius 2 is 2.08 bits per heavy atom. The first kappa shape index (κ1) is 16.5. The lowest BCUT2D eigenvalue weighted by atomic mass is 9.92. The van der Waals surface area contributed by atoms with Crippen molar-refractivity contribution in [2.24, 2.45) is 11.7 Å². The smallest absolute Gasteiger partial charge is 0.274 e. The molecule has 1 aromatic carbocycles. The van der Waals surface area contributed by atoms with Crippen molar-refractivity contribution in [3.8, 4) is 5.69 Å². The number of carbonyl (C=O) groups excluding carboxylic acids is 2. The number of aromatic nitrogens is 2. The van der Waals surface area contributed by atoms with Crippen molar-refractivity contribution in [1.29, 1.82) is 0 Å². The normalized spacial score (nSPS) is 20.8. The van der Waals surface area contributed by atoms with Crippen molar-refractivity contribution in [2.45, 2.75) is 25.8 Å². The average molecular weight is 347 g/mol. The maximum atomic E-state index is 12.8. The fourth-order valence-electron chi connectivity index (χ4n) is 2.97. The second-order valence-electron chi connectivity index (χ2n) is 6.11. The van der Waals surface area contributed by atoms with E-state index in [1.54, 1.807) is 34.0 Å². The Hall–Kier alpha value is -2.34. The summed E-state index contributed by atoms with van der Waals surface area (Å²) in [5.41, 5.74) is 6.52. The lowest BCUT2D eigenvalue weighted by molar-refractivity contribution is -0.123. The number of carbonyl (C=O) groups is 2. The molecule has 0 saturated carbocycles. The third kappa shape index (κ3) is 3.28. The minimum atomic E-state index is -0.357. The molecule has 0 unspecified atom stereocenters. The molecule has 1 aliphatic rings. The van der Waals surface area contributed by atoms with Crippen molar-refractivity contribution >= 4 is 23.4 Å². The van der Waals surface area contributed by atoms with E-state index in [0.717, 1.165) is 18.5 Å². The van der Waals surface area contributed by atoms with Crippen LogP contribution in [0.5, 0.6) is 0 Å². The van der Waals surface area contributed by atoms with Gasteiger partial charge in [0.25, 0.3) is 5.91 Å². The average Bonchev–Trinajstić information content (AvgIpc) is 3.04. The van der Waals surface area contributed by atoms with Crippen molar-refractivity contribution in [3.63, 3.8) is 0 Å². The van der Waals surface area contributed by atoms with Gasteiger partial charge in [-0.15, -0.1) is 0 Å². The van der Waals surface area contributed by atoms with Gasteiger partial charge in [-0.3, -0.25) is 9.59 Å². The Morgan fingerprint density at radius 1 is 1.29 bits per heavy atom. The van der Waals surface area contributed by atoms with Gasteiger partial charge in [0.15, 0.2) is 5.69 Å². The van der Waals surface area contributed by atoms with Gasteiger partial charge in [-0.2, -0.15) is 5.10 Å². The molecular formula is C17H19ClN4O2. The zero-order chi connectivity index (χ0) is 17.3. The molecule has 1 saturated heterocycles. The Balaban J connectivity index is 1.81. The number of hydrogen-bond donors (Lipinski definition) is 1. The van der Waals surface area contributed by atoms with E-state index in [9.17, 15) is 9.59 Å². The summed E-state index contributed by atoms with van der Waals surface area (Å²) in [4.78, 5) is 25.9. The molecule has 7 heteroatoms. The number of likely N-dealkylation sites (tertiary alicyclic amines) is 1. The Morgan fingerprint density at radius 3 is 2.79 bits per heavy atom. The summed E-state index contributed by atoms with van der Waals surface area (Å²) in [6, 6.07) is 8.97. The number of benzene rings is 1. The van der Waals surface area contributed by atoms with E-state index in [-0.39, 0.29) is 23.8 Å². The summed E-state index contributed by atoms with van der Waals surface area (Å²) >= 11 is 5.99. The highest BCUT2D eigenvalue weighted by Gasteiger charge is 2.32. The largest absolute Gasteiger partial charge is 0.369 e. The summed E-state index contributed by atoms with van der Waals surface area (Å²) in [5.74, 6) is -0.835. The van der Waals surface area contributed by atoms with Gasteiger partial charge in [0.05, 0.1) is 11.6 Å². The van der Waals surface area contributed by atoms with Crippen molar-refractivity contribution < 1.29 is 9.59 Å². The summed E-state index contributed by atoms with van der Waals surface area (Å²) in [7, 11) is 0. The Labute approximate surface area is 145 Å². The molecule has 2 amide bonds. The molecule has 1 aliphatic heterocycles. The summed E-state index contributed by atoms with van der Waals surface area (Å²) in [6.45, 7) is 2.32. The zero-order valence-electron chi connectivity index (χ0n) is 13.4. The number of amides is 2. The molecule has 2 atom stereocenters. The number of hydrogen-bond acceptors (Lipinski definition) is 3. The van der Waals surface area contributed by atoms with E-state index >= 15 is 0 Å². The van der Waals surface area contributed by atoms with Crippen LogP contribution in [0.25, 0.3) is 5.69 Å². The van der Waals surface area contributed by atoms with Crippen LogP contribution in [0, 0.1) is 5.92 Å². The second-order valence-corrected chi connectivity index (χ2v) is 6.55. The molecule has 0 radical (unpaired) electrons. The Kier molecular flexibility index (Phi) is 4.57. The zero-order valence-corrected chi connectivity index (χ0v) is 14.1. The first-order chi connectivity index (χ1) is 11.5. The van der Waals surface area contributed by atoms with Crippen molar-refractivity contribution in [1.82, 2.24) is 14.7 Å². The first-order valence-electron chi connectivity index (χ1n) is 7.87. The summed E-state index contributed by atoms with van der Waals surface area (Å²) < 4.78 is 1.61. The van der Waals surface area contributed by atoms with E-state index < -0.39 is 0 Å². The monoisotopic (exact) mass is 346 g/mol. The lowest BCUT2D eigenvalue weighted by Crippen LogP contribution is -2.48. The van der Waals surface area contributed by atoms with Crippen LogP contribution in [0.4, 0.5) is 0 Å². The molecular weight excluding hydrogens is 328 g/mol. The van der Waals surface area contributed by atoms with E-state index in [1.165, 1.54) is 0 Å². The molecule has 1 fully saturated rings. The van der Waals surface area contributed by atoms with Crippen LogP contribution in [0.1, 0.15) is 30.3 Å². The maximum Gasteiger partial charge on any atom is 0.274 e. The predicted octanol–water partition coefficient (Wildman–Crippen LogP) is 2.25. The topological polar surface area (TPSA) is 81.2 Å². The number of nitrogens with zero attached hydrogens (tertiary/aromatic N) is 3. The van der Waals surface area contributed by atoms with E-state index in [0.29, 0.717) is 17.3 Å². The number of nitrogens with two attached hydrogens (primary N) is 1. The molecule has 1 aromatic heterocycles. The van der Waals surface area contributed by atoms with Crippen molar-refractivity contribution in [2.75, 3.05) is 6.54 Å². The molecule has 3 rings (SSSR count). The van der Waals surface area contributed by atoms with Crippen LogP contribution < -0.4 is 5.73 Å². The minimum Gasteiger partial charge on any atom is -0.369 e. The fourth-order valence-corrected chi connectivity index (χ4v) is 3.15.